The molecule has 1 aromatic rings. The lowest BCUT2D eigenvalue weighted by molar-refractivity contribution is -0.120. The van der Waals surface area contributed by atoms with Crippen molar-refractivity contribution in [3.63, 3.8) is 0 Å². The van der Waals surface area contributed by atoms with Crippen LogP contribution < -0.4 is 16.0 Å². The number of benzene rings is 1. The topological polar surface area (TPSA) is 93.8 Å². The van der Waals surface area contributed by atoms with Gasteiger partial charge < -0.3 is 16.0 Å². The van der Waals surface area contributed by atoms with E-state index in [2.05, 4.69) is 67.3 Å². The van der Waals surface area contributed by atoms with Crippen molar-refractivity contribution in [2.75, 3.05) is 36.8 Å². The number of nitrogens with one attached hydrogen (secondary N) is 3. The summed E-state index contributed by atoms with van der Waals surface area (Å²) in [7, 11) is 0. The van der Waals surface area contributed by atoms with E-state index in [1.54, 1.807) is 0 Å². The summed E-state index contributed by atoms with van der Waals surface area (Å²) in [4.78, 5) is 44.5. The molecule has 3 aliphatic carbocycles. The van der Waals surface area contributed by atoms with Crippen LogP contribution in [0.1, 0.15) is 103 Å². The van der Waals surface area contributed by atoms with Gasteiger partial charge in [0.25, 0.3) is 0 Å². The molecule has 2 amide bonds. The second kappa shape index (κ2) is 11.6. The van der Waals surface area contributed by atoms with Gasteiger partial charge in [0.05, 0.1) is 12.0 Å². The average Bonchev–Trinajstić information content (AvgIpc) is 3.35. The predicted octanol–water partition coefficient (Wildman–Crippen LogP) is 6.37. The van der Waals surface area contributed by atoms with Gasteiger partial charge in [0.15, 0.2) is 5.78 Å². The molecule has 3 heterocycles. The molecule has 6 atom stereocenters. The summed E-state index contributed by atoms with van der Waals surface area (Å²) in [6.45, 7) is 18.0. The lowest BCUT2D eigenvalue weighted by atomic mass is 9.65. The number of hydrogen-bond acceptors (Lipinski definition) is 6. The van der Waals surface area contributed by atoms with Crippen LogP contribution in [0.4, 0.5) is 11.4 Å². The van der Waals surface area contributed by atoms with Crippen molar-refractivity contribution in [1.29, 1.82) is 0 Å². The fourth-order valence-electron chi connectivity index (χ4n) is 11.1. The molecule has 3 aliphatic heterocycles. The van der Waals surface area contributed by atoms with Gasteiger partial charge in [-0.15, -0.1) is 0 Å². The largest absolute Gasteiger partial charge is 0.377 e. The number of amides is 2. The SMILES string of the molecule is CC1(C)CC2CC(C)(CN2CCC(=O)NC2=CC3Nc4cc(NC(=O)CCN5CC6(C)CC5CC(C)(C)C6)ccc4C(=O)C3C=C2)C1. The number of Topliss-reactive ketones (excluding diaryl/α,β-unsaturated/α-hetero) is 1. The smallest absolute Gasteiger partial charge is 0.225 e. The fraction of sp³-hybridized carbons (Fsp3) is 0.667. The van der Waals surface area contributed by atoms with Gasteiger partial charge >= 0.3 is 0 Å². The van der Waals surface area contributed by atoms with Gasteiger partial charge in [0.1, 0.15) is 0 Å². The van der Waals surface area contributed by atoms with Gasteiger partial charge in [-0.2, -0.15) is 0 Å². The average molecular weight is 642 g/mol. The molecule has 0 spiro atoms. The van der Waals surface area contributed by atoms with Crippen molar-refractivity contribution in [2.24, 2.45) is 27.6 Å². The van der Waals surface area contributed by atoms with Crippen molar-refractivity contribution in [3.05, 3.63) is 47.7 Å². The first-order valence-electron chi connectivity index (χ1n) is 18.0. The van der Waals surface area contributed by atoms with Crippen LogP contribution >= 0.6 is 0 Å². The van der Waals surface area contributed by atoms with E-state index >= 15 is 0 Å². The summed E-state index contributed by atoms with van der Waals surface area (Å²) in [6, 6.07) is 6.38. The fourth-order valence-corrected chi connectivity index (χ4v) is 11.1. The van der Waals surface area contributed by atoms with Crippen molar-refractivity contribution in [2.45, 2.75) is 111 Å². The third kappa shape index (κ3) is 6.82. The number of nitrogens with zero attached hydrogens (tertiary/aromatic N) is 2. The van der Waals surface area contributed by atoms with Crippen LogP contribution in [-0.4, -0.2) is 71.7 Å². The maximum atomic E-state index is 13.4. The minimum Gasteiger partial charge on any atom is -0.377 e. The Hall–Kier alpha value is -2.97. The number of carbonyl (C=O) groups excluding carboxylic acids is 3. The summed E-state index contributed by atoms with van der Waals surface area (Å²) >= 11 is 0. The van der Waals surface area contributed by atoms with Crippen LogP contribution in [0.25, 0.3) is 0 Å². The van der Waals surface area contributed by atoms with Crippen LogP contribution in [0, 0.1) is 27.6 Å². The molecule has 2 saturated carbocycles. The molecule has 4 fully saturated rings. The zero-order valence-electron chi connectivity index (χ0n) is 29.4. The van der Waals surface area contributed by atoms with Crippen molar-refractivity contribution >= 4 is 29.0 Å². The van der Waals surface area contributed by atoms with Gasteiger partial charge in [-0.1, -0.05) is 47.6 Å². The van der Waals surface area contributed by atoms with Gasteiger partial charge in [-0.05, 0) is 90.5 Å². The zero-order valence-corrected chi connectivity index (χ0v) is 29.4. The quantitative estimate of drug-likeness (QED) is 0.306. The maximum absolute atomic E-state index is 13.4. The van der Waals surface area contributed by atoms with Crippen LogP contribution in [0.5, 0.6) is 0 Å². The molecule has 0 radical (unpaired) electrons. The van der Waals surface area contributed by atoms with Gasteiger partial charge in [0.2, 0.25) is 11.8 Å². The van der Waals surface area contributed by atoms with E-state index in [0.29, 0.717) is 63.5 Å². The number of fused-ring (bicyclic) bond motifs is 6. The Morgan fingerprint density at radius 1 is 0.830 bits per heavy atom. The monoisotopic (exact) mass is 641 g/mol. The molecule has 0 aromatic heterocycles. The molecule has 254 valence electrons. The van der Waals surface area contributed by atoms with E-state index in [1.165, 1.54) is 38.5 Å². The predicted molar refractivity (Wildman–Crippen MR) is 187 cm³/mol. The summed E-state index contributed by atoms with van der Waals surface area (Å²) in [5.74, 6) is -0.277. The van der Waals surface area contributed by atoms with Gasteiger partial charge in [0, 0.05) is 73.7 Å². The van der Waals surface area contributed by atoms with E-state index in [1.807, 2.05) is 36.4 Å². The summed E-state index contributed by atoms with van der Waals surface area (Å²) < 4.78 is 0. The normalized spacial score (nSPS) is 35.0. The Labute approximate surface area is 281 Å². The Balaban J connectivity index is 0.926. The third-order valence-electron chi connectivity index (χ3n) is 12.0. The molecule has 47 heavy (non-hydrogen) atoms. The molecule has 6 aliphatic rings. The third-order valence-corrected chi connectivity index (χ3v) is 12.0. The van der Waals surface area contributed by atoms with Gasteiger partial charge in [-0.3, -0.25) is 24.2 Å². The maximum Gasteiger partial charge on any atom is 0.225 e. The first-order valence-corrected chi connectivity index (χ1v) is 18.0. The Kier molecular flexibility index (Phi) is 8.02. The molecular formula is C39H55N5O3. The Morgan fingerprint density at radius 2 is 1.40 bits per heavy atom. The number of rotatable bonds is 8. The minimum absolute atomic E-state index is 0.00322. The van der Waals surface area contributed by atoms with Crippen LogP contribution in [0.15, 0.2) is 42.1 Å². The van der Waals surface area contributed by atoms with Crippen molar-refractivity contribution in [3.8, 4) is 0 Å². The minimum atomic E-state index is -0.330. The Morgan fingerprint density at radius 3 is 2.00 bits per heavy atom. The number of hydrogen-bond donors (Lipinski definition) is 3. The lowest BCUT2D eigenvalue weighted by Crippen LogP contribution is -2.40. The zero-order chi connectivity index (χ0) is 33.4. The number of anilines is 2. The van der Waals surface area contributed by atoms with Crippen LogP contribution in [0.3, 0.4) is 0 Å². The van der Waals surface area contributed by atoms with Crippen LogP contribution in [-0.2, 0) is 9.59 Å². The van der Waals surface area contributed by atoms with E-state index < -0.39 is 0 Å². The molecule has 4 bridgehead atoms. The van der Waals surface area contributed by atoms with Crippen LogP contribution in [0.2, 0.25) is 0 Å². The summed E-state index contributed by atoms with van der Waals surface area (Å²) in [6.07, 6.45) is 14.0. The van der Waals surface area contributed by atoms with Crippen molar-refractivity contribution in [1.82, 2.24) is 15.1 Å². The molecule has 6 unspecified atom stereocenters. The molecule has 7 rings (SSSR count). The number of ketones is 1. The summed E-state index contributed by atoms with van der Waals surface area (Å²) in [5.41, 5.74) is 4.19. The Bertz CT molecular complexity index is 1530. The molecular weight excluding hydrogens is 586 g/mol. The second-order valence-corrected chi connectivity index (χ2v) is 18.3. The van der Waals surface area contributed by atoms with Crippen molar-refractivity contribution < 1.29 is 14.4 Å². The standard InChI is InChI=1S/C39H55N5O3/c1-36(2)17-27-19-38(5,21-36)23-43(27)13-11-33(45)40-25-7-9-29-31(15-25)42-32-16-26(8-10-30(32)35(29)47)41-34(46)12-14-44-24-39(6)20-28(44)18-37(3,4)22-39/h7-10,15-16,27-29,31,42H,11-14,17-24H2,1-6H3,(H,40,45)(H,41,46). The van der Waals surface area contributed by atoms with Gasteiger partial charge in [-0.25, -0.2) is 0 Å². The number of allylic oxidation sites excluding steroid dienone is 1. The highest BCUT2D eigenvalue weighted by atomic mass is 16.2. The molecule has 1 aromatic carbocycles. The summed E-state index contributed by atoms with van der Waals surface area (Å²) in [5, 5.41) is 9.67. The molecule has 8 nitrogen and oxygen atoms in total. The van der Waals surface area contributed by atoms with E-state index in [-0.39, 0.29) is 29.6 Å². The first kappa shape index (κ1) is 32.6. The van der Waals surface area contributed by atoms with E-state index in [9.17, 15) is 14.4 Å². The highest BCUT2D eigenvalue weighted by Gasteiger charge is 2.50. The highest BCUT2D eigenvalue weighted by molar-refractivity contribution is 6.07. The molecule has 3 N–H and O–H groups in total. The molecule has 2 saturated heterocycles. The number of likely N-dealkylation sites (tertiary alicyclic amines) is 2. The first-order chi connectivity index (χ1) is 22.1. The van der Waals surface area contributed by atoms with E-state index in [4.69, 9.17) is 0 Å². The highest BCUT2D eigenvalue weighted by Crippen LogP contribution is 2.53. The number of carbonyl (C=O) groups is 3. The molecule has 8 heteroatoms. The van der Waals surface area contributed by atoms with E-state index in [0.717, 1.165) is 31.9 Å². The second-order valence-electron chi connectivity index (χ2n) is 18.3. The lowest BCUT2D eigenvalue weighted by Gasteiger charge is -2.40.